The van der Waals surface area contributed by atoms with E-state index in [4.69, 9.17) is 5.11 Å². The summed E-state index contributed by atoms with van der Waals surface area (Å²) in [4.78, 5) is 2.29. The highest BCUT2D eigenvalue weighted by atomic mass is 16.3. The van der Waals surface area contributed by atoms with Gasteiger partial charge in [-0.05, 0) is 13.0 Å². The topological polar surface area (TPSA) is 23.5 Å². The molecule has 0 atom stereocenters. The fraction of sp³-hybridized carbons (Fsp3) is 1.00. The maximum Gasteiger partial charge on any atom is 0.0793 e. The van der Waals surface area contributed by atoms with Crippen LogP contribution >= 0.6 is 0 Å². The molecule has 0 saturated carbocycles. The van der Waals surface area contributed by atoms with Gasteiger partial charge < -0.3 is 5.11 Å². The van der Waals surface area contributed by atoms with E-state index in [-0.39, 0.29) is 6.10 Å². The smallest absolute Gasteiger partial charge is 0.0793 e. The van der Waals surface area contributed by atoms with E-state index >= 15 is 0 Å². The van der Waals surface area contributed by atoms with Crippen molar-refractivity contribution in [3.05, 3.63) is 0 Å². The van der Waals surface area contributed by atoms with Gasteiger partial charge in [0.1, 0.15) is 0 Å². The van der Waals surface area contributed by atoms with Crippen LogP contribution in [-0.4, -0.2) is 35.7 Å². The first kappa shape index (κ1) is 7.03. The molecule has 1 heterocycles. The van der Waals surface area contributed by atoms with Crippen LogP contribution in [0, 0.1) is 0 Å². The molecular weight excluding hydrogens is 114 g/mol. The van der Waals surface area contributed by atoms with E-state index in [1.807, 2.05) is 0 Å². The van der Waals surface area contributed by atoms with Crippen LogP contribution in [0.2, 0.25) is 0 Å². The van der Waals surface area contributed by atoms with Gasteiger partial charge in [-0.2, -0.15) is 0 Å². The summed E-state index contributed by atoms with van der Waals surface area (Å²) in [6.45, 7) is 5.17. The number of rotatable bonds is 3. The fourth-order valence-corrected chi connectivity index (χ4v) is 1.11. The average Bonchev–Trinajstić information content (AvgIpc) is 1.78. The molecule has 0 aromatic heterocycles. The van der Waals surface area contributed by atoms with Gasteiger partial charge in [-0.15, -0.1) is 0 Å². The van der Waals surface area contributed by atoms with Crippen molar-refractivity contribution in [3.63, 3.8) is 0 Å². The van der Waals surface area contributed by atoms with Gasteiger partial charge in [0.2, 0.25) is 0 Å². The number of aliphatic hydroxyl groups is 1. The van der Waals surface area contributed by atoms with Crippen LogP contribution in [0.1, 0.15) is 19.8 Å². The first-order valence-corrected chi connectivity index (χ1v) is 3.73. The van der Waals surface area contributed by atoms with Crippen molar-refractivity contribution in [2.45, 2.75) is 25.9 Å². The van der Waals surface area contributed by atoms with E-state index < -0.39 is 0 Å². The molecule has 2 nitrogen and oxygen atoms in total. The van der Waals surface area contributed by atoms with Crippen LogP contribution < -0.4 is 0 Å². The minimum Gasteiger partial charge on any atom is -0.390 e. The van der Waals surface area contributed by atoms with Gasteiger partial charge in [0.15, 0.2) is 0 Å². The number of unbranched alkanes of at least 4 members (excludes halogenated alkanes) is 1. The maximum atomic E-state index is 8.88. The predicted molar refractivity (Wildman–Crippen MR) is 37.4 cm³/mol. The largest absolute Gasteiger partial charge is 0.390 e. The second-order valence-electron chi connectivity index (χ2n) is 2.77. The van der Waals surface area contributed by atoms with Crippen LogP contribution in [-0.2, 0) is 0 Å². The van der Waals surface area contributed by atoms with Crippen LogP contribution in [0.25, 0.3) is 0 Å². The highest BCUT2D eigenvalue weighted by Crippen LogP contribution is 2.07. The highest BCUT2D eigenvalue weighted by molar-refractivity contribution is 4.77. The molecule has 0 aromatic carbocycles. The third kappa shape index (κ3) is 1.95. The number of aliphatic hydroxyl groups excluding tert-OH is 1. The fourth-order valence-electron chi connectivity index (χ4n) is 1.11. The maximum absolute atomic E-state index is 8.88. The minimum absolute atomic E-state index is 0.0261. The van der Waals surface area contributed by atoms with Gasteiger partial charge in [-0.3, -0.25) is 4.90 Å². The van der Waals surface area contributed by atoms with E-state index in [9.17, 15) is 0 Å². The van der Waals surface area contributed by atoms with Crippen molar-refractivity contribution < 1.29 is 5.11 Å². The minimum atomic E-state index is -0.0261. The molecule has 0 aliphatic carbocycles. The molecule has 0 unspecified atom stereocenters. The molecular formula is C7H15NO. The zero-order valence-corrected chi connectivity index (χ0v) is 6.01. The van der Waals surface area contributed by atoms with Crippen molar-refractivity contribution in [2.24, 2.45) is 0 Å². The Morgan fingerprint density at radius 2 is 2.22 bits per heavy atom. The third-order valence-corrected chi connectivity index (χ3v) is 1.77. The number of nitrogens with zero attached hydrogens (tertiary/aromatic N) is 1. The van der Waals surface area contributed by atoms with Gasteiger partial charge in [-0.1, -0.05) is 13.3 Å². The molecule has 1 aliphatic rings. The summed E-state index contributed by atoms with van der Waals surface area (Å²) in [5.74, 6) is 0. The lowest BCUT2D eigenvalue weighted by atomic mass is 10.1. The molecule has 0 amide bonds. The molecule has 1 saturated heterocycles. The zero-order chi connectivity index (χ0) is 6.69. The van der Waals surface area contributed by atoms with E-state index in [1.165, 1.54) is 19.4 Å². The van der Waals surface area contributed by atoms with Crippen molar-refractivity contribution in [2.75, 3.05) is 19.6 Å². The Bertz CT molecular complexity index is 79.0. The van der Waals surface area contributed by atoms with Crippen molar-refractivity contribution in [1.29, 1.82) is 0 Å². The van der Waals surface area contributed by atoms with Gasteiger partial charge in [-0.25, -0.2) is 0 Å². The van der Waals surface area contributed by atoms with Crippen molar-refractivity contribution in [3.8, 4) is 0 Å². The molecule has 0 radical (unpaired) electrons. The standard InChI is InChI=1S/C7H15NO/c1-2-3-4-8-5-7(9)6-8/h7,9H,2-6H2,1H3. The van der Waals surface area contributed by atoms with Crippen LogP contribution in [0.5, 0.6) is 0 Å². The SMILES string of the molecule is CCCCN1CC(O)C1. The van der Waals surface area contributed by atoms with Gasteiger partial charge in [0.05, 0.1) is 6.10 Å². The molecule has 1 N–H and O–H groups in total. The average molecular weight is 129 g/mol. The lowest BCUT2D eigenvalue weighted by molar-refractivity contribution is 0.00173. The van der Waals surface area contributed by atoms with Crippen molar-refractivity contribution >= 4 is 0 Å². The Kier molecular flexibility index (Phi) is 2.49. The normalized spacial score (nSPS) is 22.0. The summed E-state index contributed by atoms with van der Waals surface area (Å²) in [6, 6.07) is 0. The van der Waals surface area contributed by atoms with Gasteiger partial charge in [0, 0.05) is 13.1 Å². The molecule has 54 valence electrons. The van der Waals surface area contributed by atoms with E-state index in [0.29, 0.717) is 0 Å². The Morgan fingerprint density at radius 3 is 2.67 bits per heavy atom. The van der Waals surface area contributed by atoms with Gasteiger partial charge in [0.25, 0.3) is 0 Å². The molecule has 1 aliphatic heterocycles. The lowest BCUT2D eigenvalue weighted by Gasteiger charge is -2.35. The van der Waals surface area contributed by atoms with Crippen LogP contribution in [0.15, 0.2) is 0 Å². The summed E-state index contributed by atoms with van der Waals surface area (Å²) in [5, 5.41) is 8.88. The molecule has 1 fully saturated rings. The summed E-state index contributed by atoms with van der Waals surface area (Å²) in [5.41, 5.74) is 0. The molecule has 0 bridgehead atoms. The monoisotopic (exact) mass is 129 g/mol. The second kappa shape index (κ2) is 3.18. The zero-order valence-electron chi connectivity index (χ0n) is 6.01. The third-order valence-electron chi connectivity index (χ3n) is 1.77. The van der Waals surface area contributed by atoms with Crippen molar-refractivity contribution in [1.82, 2.24) is 4.90 Å². The summed E-state index contributed by atoms with van der Waals surface area (Å²) in [6.07, 6.45) is 2.50. The number of hydrogen-bond donors (Lipinski definition) is 1. The number of hydrogen-bond acceptors (Lipinski definition) is 2. The quantitative estimate of drug-likeness (QED) is 0.598. The lowest BCUT2D eigenvalue weighted by Crippen LogP contribution is -2.50. The molecule has 9 heavy (non-hydrogen) atoms. The molecule has 0 aromatic rings. The van der Waals surface area contributed by atoms with Crippen LogP contribution in [0.3, 0.4) is 0 Å². The van der Waals surface area contributed by atoms with E-state index in [1.54, 1.807) is 0 Å². The predicted octanol–water partition coefficient (Wildman–Crippen LogP) is 0.463. The Labute approximate surface area is 56.5 Å². The Hall–Kier alpha value is -0.0800. The summed E-state index contributed by atoms with van der Waals surface area (Å²) < 4.78 is 0. The highest BCUT2D eigenvalue weighted by Gasteiger charge is 2.22. The first-order chi connectivity index (χ1) is 4.33. The second-order valence-corrected chi connectivity index (χ2v) is 2.77. The first-order valence-electron chi connectivity index (χ1n) is 3.73. The Balaban J connectivity index is 1.91. The van der Waals surface area contributed by atoms with Gasteiger partial charge >= 0.3 is 0 Å². The van der Waals surface area contributed by atoms with E-state index in [0.717, 1.165) is 13.1 Å². The molecule has 1 rings (SSSR count). The molecule has 2 heteroatoms. The number of likely N-dealkylation sites (tertiary alicyclic amines) is 1. The summed E-state index contributed by atoms with van der Waals surface area (Å²) in [7, 11) is 0. The number of β-amino-alcohol motifs (C(OH)–C–C–N with tert-alkyl or cyclic N) is 1. The molecule has 0 spiro atoms. The Morgan fingerprint density at radius 1 is 1.56 bits per heavy atom. The van der Waals surface area contributed by atoms with Crippen LogP contribution in [0.4, 0.5) is 0 Å². The van der Waals surface area contributed by atoms with E-state index in [2.05, 4.69) is 11.8 Å². The summed E-state index contributed by atoms with van der Waals surface area (Å²) >= 11 is 0.